The Morgan fingerprint density at radius 3 is 1.14 bits per heavy atom. The molecule has 0 aliphatic heterocycles. The molecule has 0 fully saturated rings. The fraction of sp³-hybridized carbons (Fsp3) is 0.667. The van der Waals surface area contributed by atoms with Crippen molar-refractivity contribution in [2.75, 3.05) is 42.3 Å². The summed E-state index contributed by atoms with van der Waals surface area (Å²) in [4.78, 5) is 22.0. The summed E-state index contributed by atoms with van der Waals surface area (Å²) < 4.78 is 35.5. The standard InChI is InChI=1S/2C9H18N2O.H2O4S/c2*1-6-8(11(3,4)5)10-9(12)7-2;1-5(2,3)4/h2*7-8H,2,6H2,1,3-5H3;(H2,1,2,3,4). The Morgan fingerprint density at radius 2 is 1.03 bits per heavy atom. The Bertz CT molecular complexity index is 573. The van der Waals surface area contributed by atoms with Gasteiger partial charge in [-0.25, -0.2) is 0 Å². The lowest BCUT2D eigenvalue weighted by atomic mass is 10.3. The number of nitrogens with zero attached hydrogens (tertiary/aromatic N) is 2. The highest BCUT2D eigenvalue weighted by Crippen LogP contribution is 2.03. The van der Waals surface area contributed by atoms with Gasteiger partial charge in [0.1, 0.15) is 0 Å². The molecule has 0 bridgehead atoms. The number of hydrogen-bond donors (Lipinski definition) is 2. The number of quaternary nitrogens is 2. The van der Waals surface area contributed by atoms with Crippen LogP contribution in [0.25, 0.3) is 0 Å². The molecule has 0 aliphatic carbocycles. The maximum Gasteiger partial charge on any atom is 0.247 e. The largest absolute Gasteiger partial charge is 0.759 e. The van der Waals surface area contributed by atoms with Crippen LogP contribution < -0.4 is 10.6 Å². The van der Waals surface area contributed by atoms with Gasteiger partial charge >= 0.3 is 0 Å². The Morgan fingerprint density at radius 1 is 0.828 bits per heavy atom. The van der Waals surface area contributed by atoms with E-state index in [1.54, 1.807) is 0 Å². The van der Waals surface area contributed by atoms with E-state index in [4.69, 9.17) is 17.5 Å². The summed E-state index contributed by atoms with van der Waals surface area (Å²) in [5.41, 5.74) is 0. The highest BCUT2D eigenvalue weighted by atomic mass is 32.3. The predicted octanol–water partition coefficient (Wildman–Crippen LogP) is 0.124. The van der Waals surface area contributed by atoms with Gasteiger partial charge in [-0.3, -0.25) is 18.0 Å². The number of rotatable bonds is 8. The summed E-state index contributed by atoms with van der Waals surface area (Å²) in [7, 11) is 7.15. The summed E-state index contributed by atoms with van der Waals surface area (Å²) in [6, 6.07) is 0. The van der Waals surface area contributed by atoms with Crippen LogP contribution in [-0.2, 0) is 20.0 Å². The third-order valence-corrected chi connectivity index (χ3v) is 3.63. The molecule has 0 spiro atoms. The molecular weight excluding hydrogens is 400 g/mol. The van der Waals surface area contributed by atoms with Gasteiger partial charge in [-0.05, 0) is 12.2 Å². The van der Waals surface area contributed by atoms with E-state index < -0.39 is 10.4 Å². The topological polar surface area (TPSA) is 138 Å². The van der Waals surface area contributed by atoms with Crippen LogP contribution in [0.1, 0.15) is 26.7 Å². The molecule has 2 unspecified atom stereocenters. The van der Waals surface area contributed by atoms with Crippen LogP contribution in [0.4, 0.5) is 0 Å². The van der Waals surface area contributed by atoms with E-state index in [2.05, 4.69) is 79.9 Å². The normalized spacial score (nSPS) is 13.3. The number of amides is 2. The van der Waals surface area contributed by atoms with Gasteiger partial charge in [0.25, 0.3) is 0 Å². The van der Waals surface area contributed by atoms with Crippen molar-refractivity contribution >= 4 is 22.2 Å². The molecule has 2 atom stereocenters. The summed E-state index contributed by atoms with van der Waals surface area (Å²) in [5.74, 6) is -0.204. The highest BCUT2D eigenvalue weighted by Gasteiger charge is 2.22. The molecular formula is C18H38N4O6S. The highest BCUT2D eigenvalue weighted by molar-refractivity contribution is 7.79. The van der Waals surface area contributed by atoms with Gasteiger partial charge in [0.15, 0.2) is 12.3 Å². The summed E-state index contributed by atoms with van der Waals surface area (Å²) in [6.07, 6.45) is 4.77. The van der Waals surface area contributed by atoms with E-state index in [-0.39, 0.29) is 24.1 Å². The average Bonchev–Trinajstić information content (AvgIpc) is 2.53. The molecule has 0 aromatic carbocycles. The molecule has 10 nitrogen and oxygen atoms in total. The fourth-order valence-corrected chi connectivity index (χ4v) is 2.13. The Balaban J connectivity index is -0.000000380. The molecule has 0 aromatic heterocycles. The van der Waals surface area contributed by atoms with Gasteiger partial charge in [-0.2, -0.15) is 0 Å². The van der Waals surface area contributed by atoms with Crippen molar-refractivity contribution in [3.05, 3.63) is 25.3 Å². The molecule has 172 valence electrons. The maximum atomic E-state index is 11.0. The lowest BCUT2D eigenvalue weighted by molar-refractivity contribution is -0.898. The molecule has 0 rings (SSSR count). The SMILES string of the molecule is C=CC(=O)NC(CC)[N+](C)(C)C.C=CC(=O)NC(CC)[N+](C)(C)C.O=S(=O)([O-])[O-]. The van der Waals surface area contributed by atoms with Gasteiger partial charge in [-0.1, -0.05) is 27.0 Å². The second-order valence-electron chi connectivity index (χ2n) is 7.91. The molecule has 29 heavy (non-hydrogen) atoms. The monoisotopic (exact) mass is 438 g/mol. The molecule has 2 amide bonds. The van der Waals surface area contributed by atoms with E-state index in [9.17, 15) is 9.59 Å². The number of hydrogen-bond acceptors (Lipinski definition) is 6. The molecule has 0 heterocycles. The smallest absolute Gasteiger partial charge is 0.247 e. The zero-order valence-electron chi connectivity index (χ0n) is 18.9. The van der Waals surface area contributed by atoms with Crippen molar-refractivity contribution in [3.8, 4) is 0 Å². The molecule has 0 radical (unpaired) electrons. The van der Waals surface area contributed by atoms with Crippen molar-refractivity contribution in [2.24, 2.45) is 0 Å². The minimum Gasteiger partial charge on any atom is -0.759 e. The predicted molar refractivity (Wildman–Crippen MR) is 111 cm³/mol. The molecule has 11 heteroatoms. The van der Waals surface area contributed by atoms with Crippen LogP contribution in [0, 0.1) is 0 Å². The van der Waals surface area contributed by atoms with Crippen molar-refractivity contribution in [2.45, 2.75) is 39.0 Å². The van der Waals surface area contributed by atoms with Crippen LogP contribution in [0.15, 0.2) is 25.3 Å². The van der Waals surface area contributed by atoms with Crippen molar-refractivity contribution < 1.29 is 36.1 Å². The number of nitrogens with one attached hydrogen (secondary N) is 2. The minimum absolute atomic E-state index is 0.102. The molecule has 0 aromatic rings. The summed E-state index contributed by atoms with van der Waals surface area (Å²) >= 11 is 0. The number of carbonyl (C=O) groups excluding carboxylic acids is 2. The first-order valence-corrected chi connectivity index (χ1v) is 10.3. The van der Waals surface area contributed by atoms with Crippen LogP contribution in [0.5, 0.6) is 0 Å². The lowest BCUT2D eigenvalue weighted by Gasteiger charge is -2.33. The van der Waals surface area contributed by atoms with E-state index >= 15 is 0 Å². The van der Waals surface area contributed by atoms with Crippen molar-refractivity contribution in [1.29, 1.82) is 0 Å². The summed E-state index contributed by atoms with van der Waals surface area (Å²) in [6.45, 7) is 10.9. The van der Waals surface area contributed by atoms with Crippen molar-refractivity contribution in [3.63, 3.8) is 0 Å². The van der Waals surface area contributed by atoms with E-state index in [1.807, 2.05) is 0 Å². The van der Waals surface area contributed by atoms with E-state index in [0.29, 0.717) is 0 Å². The Kier molecular flexibility index (Phi) is 15.7. The number of carbonyl (C=O) groups is 2. The van der Waals surface area contributed by atoms with Gasteiger partial charge in [0.2, 0.25) is 11.8 Å². The minimum atomic E-state index is -5.17. The first-order valence-electron chi connectivity index (χ1n) is 8.98. The van der Waals surface area contributed by atoms with Crippen LogP contribution >= 0.6 is 0 Å². The zero-order chi connectivity index (χ0) is 24.1. The van der Waals surface area contributed by atoms with Gasteiger partial charge < -0.3 is 28.7 Å². The van der Waals surface area contributed by atoms with Gasteiger partial charge in [-0.15, -0.1) is 0 Å². The Hall–Kier alpha value is -1.79. The van der Waals surface area contributed by atoms with Crippen LogP contribution in [0.3, 0.4) is 0 Å². The maximum absolute atomic E-state index is 11.0. The fourth-order valence-electron chi connectivity index (χ4n) is 2.13. The molecule has 0 saturated carbocycles. The van der Waals surface area contributed by atoms with Crippen molar-refractivity contribution in [1.82, 2.24) is 10.6 Å². The Labute approximate surface area is 176 Å². The lowest BCUT2D eigenvalue weighted by Crippen LogP contribution is -2.54. The second-order valence-corrected chi connectivity index (χ2v) is 8.73. The first-order chi connectivity index (χ1) is 12.8. The summed E-state index contributed by atoms with van der Waals surface area (Å²) in [5, 5.41) is 5.74. The zero-order valence-corrected chi connectivity index (χ0v) is 19.7. The third-order valence-electron chi connectivity index (χ3n) is 3.63. The quantitative estimate of drug-likeness (QED) is 0.181. The van der Waals surface area contributed by atoms with E-state index in [1.165, 1.54) is 12.2 Å². The van der Waals surface area contributed by atoms with Gasteiger partial charge in [0, 0.05) is 23.2 Å². The van der Waals surface area contributed by atoms with E-state index in [0.717, 1.165) is 21.8 Å². The van der Waals surface area contributed by atoms with Crippen LogP contribution in [0.2, 0.25) is 0 Å². The third kappa shape index (κ3) is 22.4. The molecule has 0 saturated heterocycles. The molecule has 0 aliphatic rings. The second kappa shape index (κ2) is 14.2. The van der Waals surface area contributed by atoms with Gasteiger partial charge in [0.05, 0.1) is 42.3 Å². The van der Waals surface area contributed by atoms with Crippen LogP contribution in [-0.4, -0.2) is 92.9 Å². The molecule has 2 N–H and O–H groups in total. The average molecular weight is 439 g/mol. The first kappa shape index (κ1) is 31.9.